The normalized spacial score (nSPS) is 18.3. The standard InChI is InChI=1S/C23H29N3O4S/c1-18-4-3-5-22(19(18)2)24-10-12-25(13-11-24)23(27)20-6-8-21(9-7-20)31(28,29)26-14-16-30-17-15-26/h3-9H,10-17H2,1-2H3. The lowest BCUT2D eigenvalue weighted by Crippen LogP contribution is -2.49. The summed E-state index contributed by atoms with van der Waals surface area (Å²) < 4.78 is 32.2. The molecular weight excluding hydrogens is 414 g/mol. The molecule has 0 spiro atoms. The van der Waals surface area contributed by atoms with Crippen LogP contribution in [-0.4, -0.2) is 76.0 Å². The molecule has 2 fully saturated rings. The second-order valence-electron chi connectivity index (χ2n) is 8.04. The maximum Gasteiger partial charge on any atom is 0.253 e. The van der Waals surface area contributed by atoms with Gasteiger partial charge in [-0.1, -0.05) is 12.1 Å². The molecule has 0 bridgehead atoms. The molecule has 0 aliphatic carbocycles. The van der Waals surface area contributed by atoms with Crippen molar-refractivity contribution in [3.8, 4) is 0 Å². The number of morpholine rings is 1. The molecule has 1 amide bonds. The van der Waals surface area contributed by atoms with Crippen molar-refractivity contribution >= 4 is 21.6 Å². The summed E-state index contributed by atoms with van der Waals surface area (Å²) in [5, 5.41) is 0. The maximum atomic E-state index is 13.0. The lowest BCUT2D eigenvalue weighted by atomic mass is 10.1. The fraction of sp³-hybridized carbons (Fsp3) is 0.435. The van der Waals surface area contributed by atoms with Crippen LogP contribution in [0.2, 0.25) is 0 Å². The number of aryl methyl sites for hydroxylation is 1. The average molecular weight is 444 g/mol. The number of sulfonamides is 1. The summed E-state index contributed by atoms with van der Waals surface area (Å²) in [4.78, 5) is 17.3. The molecule has 2 saturated heterocycles. The van der Waals surface area contributed by atoms with Gasteiger partial charge in [0.15, 0.2) is 0 Å². The van der Waals surface area contributed by atoms with Crippen molar-refractivity contribution < 1.29 is 17.9 Å². The Kier molecular flexibility index (Phi) is 6.31. The fourth-order valence-electron chi connectivity index (χ4n) is 4.12. The van der Waals surface area contributed by atoms with Crippen LogP contribution in [-0.2, 0) is 14.8 Å². The van der Waals surface area contributed by atoms with Gasteiger partial charge in [-0.15, -0.1) is 0 Å². The van der Waals surface area contributed by atoms with Crippen molar-refractivity contribution in [2.45, 2.75) is 18.7 Å². The average Bonchev–Trinajstić information content (AvgIpc) is 2.81. The molecule has 2 heterocycles. The smallest absolute Gasteiger partial charge is 0.253 e. The number of ether oxygens (including phenoxy) is 1. The Hall–Kier alpha value is -2.42. The summed E-state index contributed by atoms with van der Waals surface area (Å²) in [6.07, 6.45) is 0. The Balaban J connectivity index is 1.41. The highest BCUT2D eigenvalue weighted by Gasteiger charge is 2.27. The zero-order valence-corrected chi connectivity index (χ0v) is 18.9. The SMILES string of the molecule is Cc1cccc(N2CCN(C(=O)c3ccc(S(=O)(=O)N4CCOCC4)cc3)CC2)c1C. The highest BCUT2D eigenvalue weighted by molar-refractivity contribution is 7.89. The lowest BCUT2D eigenvalue weighted by molar-refractivity contribution is 0.0730. The first-order chi connectivity index (χ1) is 14.9. The molecule has 166 valence electrons. The number of nitrogens with zero attached hydrogens (tertiary/aromatic N) is 3. The van der Waals surface area contributed by atoms with Gasteiger partial charge in [0.05, 0.1) is 18.1 Å². The van der Waals surface area contributed by atoms with Crippen molar-refractivity contribution in [2.75, 3.05) is 57.4 Å². The summed E-state index contributed by atoms with van der Waals surface area (Å²) in [5.74, 6) is -0.0593. The van der Waals surface area contributed by atoms with E-state index in [4.69, 9.17) is 4.74 Å². The van der Waals surface area contributed by atoms with E-state index < -0.39 is 10.0 Å². The third-order valence-corrected chi connectivity index (χ3v) is 8.11. The zero-order valence-electron chi connectivity index (χ0n) is 18.1. The summed E-state index contributed by atoms with van der Waals surface area (Å²) in [6, 6.07) is 12.6. The van der Waals surface area contributed by atoms with E-state index in [9.17, 15) is 13.2 Å². The van der Waals surface area contributed by atoms with Gasteiger partial charge in [0, 0.05) is 50.5 Å². The van der Waals surface area contributed by atoms with Crippen LogP contribution in [0.4, 0.5) is 5.69 Å². The van der Waals surface area contributed by atoms with E-state index in [1.807, 2.05) is 4.90 Å². The van der Waals surface area contributed by atoms with Crippen LogP contribution >= 0.6 is 0 Å². The van der Waals surface area contributed by atoms with Crippen LogP contribution in [0, 0.1) is 13.8 Å². The minimum atomic E-state index is -3.55. The van der Waals surface area contributed by atoms with E-state index in [0.29, 0.717) is 45.0 Å². The lowest BCUT2D eigenvalue weighted by Gasteiger charge is -2.37. The topological polar surface area (TPSA) is 70.2 Å². The molecule has 7 nitrogen and oxygen atoms in total. The highest BCUT2D eigenvalue weighted by Crippen LogP contribution is 2.24. The summed E-state index contributed by atoms with van der Waals surface area (Å²) in [7, 11) is -3.55. The summed E-state index contributed by atoms with van der Waals surface area (Å²) >= 11 is 0. The predicted octanol–water partition coefficient (Wildman–Crippen LogP) is 2.29. The molecular formula is C23H29N3O4S. The van der Waals surface area contributed by atoms with E-state index in [-0.39, 0.29) is 10.8 Å². The Morgan fingerprint density at radius 3 is 2.16 bits per heavy atom. The Morgan fingerprint density at radius 2 is 1.52 bits per heavy atom. The summed E-state index contributed by atoms with van der Waals surface area (Å²) in [5.41, 5.74) is 4.29. The molecule has 2 aromatic rings. The molecule has 2 aromatic carbocycles. The number of carbonyl (C=O) groups is 1. The van der Waals surface area contributed by atoms with Gasteiger partial charge in [-0.2, -0.15) is 4.31 Å². The van der Waals surface area contributed by atoms with Crippen molar-refractivity contribution in [3.05, 3.63) is 59.2 Å². The number of amides is 1. The van der Waals surface area contributed by atoms with Crippen molar-refractivity contribution in [2.24, 2.45) is 0 Å². The molecule has 31 heavy (non-hydrogen) atoms. The van der Waals surface area contributed by atoms with Gasteiger partial charge >= 0.3 is 0 Å². The number of hydrogen-bond acceptors (Lipinski definition) is 5. The second kappa shape index (κ2) is 8.98. The Labute approximate surface area is 184 Å². The monoisotopic (exact) mass is 443 g/mol. The number of hydrogen-bond donors (Lipinski definition) is 0. The molecule has 4 rings (SSSR count). The minimum Gasteiger partial charge on any atom is -0.379 e. The second-order valence-corrected chi connectivity index (χ2v) is 9.98. The molecule has 0 radical (unpaired) electrons. The van der Waals surface area contributed by atoms with Gasteiger partial charge < -0.3 is 14.5 Å². The Morgan fingerprint density at radius 1 is 0.871 bits per heavy atom. The number of rotatable bonds is 4. The first kappa shape index (κ1) is 21.8. The molecule has 0 unspecified atom stereocenters. The molecule has 0 atom stereocenters. The quantitative estimate of drug-likeness (QED) is 0.725. The number of benzene rings is 2. The van der Waals surface area contributed by atoms with Gasteiger partial charge in [0.25, 0.3) is 5.91 Å². The first-order valence-corrected chi connectivity index (χ1v) is 12.1. The third-order valence-electron chi connectivity index (χ3n) is 6.19. The largest absolute Gasteiger partial charge is 0.379 e. The molecule has 2 aliphatic rings. The van der Waals surface area contributed by atoms with E-state index in [0.717, 1.165) is 13.1 Å². The van der Waals surface area contributed by atoms with Crippen molar-refractivity contribution in [1.82, 2.24) is 9.21 Å². The predicted molar refractivity (Wildman–Crippen MR) is 120 cm³/mol. The number of carbonyl (C=O) groups excluding carboxylic acids is 1. The van der Waals surface area contributed by atoms with Gasteiger partial charge in [-0.05, 0) is 55.3 Å². The van der Waals surface area contributed by atoms with Gasteiger partial charge in [0.1, 0.15) is 0 Å². The van der Waals surface area contributed by atoms with Crippen LogP contribution in [0.5, 0.6) is 0 Å². The number of anilines is 1. The molecule has 0 N–H and O–H groups in total. The van der Waals surface area contributed by atoms with Gasteiger partial charge in [0.2, 0.25) is 10.0 Å². The van der Waals surface area contributed by atoms with Gasteiger partial charge in [-0.3, -0.25) is 4.79 Å². The Bertz CT molecular complexity index is 1040. The van der Waals surface area contributed by atoms with Crippen LogP contribution in [0.15, 0.2) is 47.4 Å². The van der Waals surface area contributed by atoms with Crippen LogP contribution in [0.1, 0.15) is 21.5 Å². The van der Waals surface area contributed by atoms with E-state index >= 15 is 0 Å². The highest BCUT2D eigenvalue weighted by atomic mass is 32.2. The van der Waals surface area contributed by atoms with Crippen molar-refractivity contribution in [3.63, 3.8) is 0 Å². The zero-order chi connectivity index (χ0) is 22.0. The van der Waals surface area contributed by atoms with Crippen LogP contribution in [0.3, 0.4) is 0 Å². The molecule has 8 heteroatoms. The van der Waals surface area contributed by atoms with Crippen molar-refractivity contribution in [1.29, 1.82) is 0 Å². The van der Waals surface area contributed by atoms with E-state index in [1.54, 1.807) is 12.1 Å². The minimum absolute atomic E-state index is 0.0593. The van der Waals surface area contributed by atoms with Gasteiger partial charge in [-0.25, -0.2) is 8.42 Å². The fourth-order valence-corrected chi connectivity index (χ4v) is 5.52. The molecule has 2 aliphatic heterocycles. The molecule has 0 aromatic heterocycles. The van der Waals surface area contributed by atoms with E-state index in [2.05, 4.69) is 36.9 Å². The summed E-state index contributed by atoms with van der Waals surface area (Å²) in [6.45, 7) is 8.60. The third kappa shape index (κ3) is 4.46. The number of piperazine rings is 1. The van der Waals surface area contributed by atoms with Crippen LogP contribution < -0.4 is 4.90 Å². The van der Waals surface area contributed by atoms with E-state index in [1.165, 1.54) is 33.3 Å². The van der Waals surface area contributed by atoms with Crippen LogP contribution in [0.25, 0.3) is 0 Å². The maximum absolute atomic E-state index is 13.0. The molecule has 0 saturated carbocycles. The first-order valence-electron chi connectivity index (χ1n) is 10.7.